The van der Waals surface area contributed by atoms with Crippen LogP contribution < -0.4 is 15.4 Å². The topological polar surface area (TPSA) is 105 Å². The Hall–Kier alpha value is -3.67. The Bertz CT molecular complexity index is 1300. The summed E-state index contributed by atoms with van der Waals surface area (Å²) in [6, 6.07) is 12.0. The molecule has 3 heterocycles. The van der Waals surface area contributed by atoms with Crippen molar-refractivity contribution in [1.29, 1.82) is 5.26 Å². The van der Waals surface area contributed by atoms with E-state index in [-0.39, 0.29) is 11.2 Å². The van der Waals surface area contributed by atoms with Gasteiger partial charge in [-0.3, -0.25) is 19.6 Å². The summed E-state index contributed by atoms with van der Waals surface area (Å²) >= 11 is 0. The third kappa shape index (κ3) is 4.73. The Labute approximate surface area is 218 Å². The standard InChI is InChI=1S/C29H33N5O3/c1-29(2)14-23-27(24(35)15-29)26(22(16-30)28(31)34(23)21-5-4-8-32-17-21)19-6-7-25(36-3)20(13-19)18-33-9-11-37-12-10-33/h4-8,13,17,26H,9-12,14-15,18,31H2,1-3H3/t26-/m0/s1. The number of morpholine rings is 1. The number of anilines is 1. The minimum absolute atomic E-state index is 0.0518. The number of carbonyl (C=O) groups is 1. The number of nitrogens with zero attached hydrogens (tertiary/aromatic N) is 4. The van der Waals surface area contributed by atoms with Crippen LogP contribution in [-0.2, 0) is 16.1 Å². The third-order valence-corrected chi connectivity index (χ3v) is 7.42. The zero-order valence-electron chi connectivity index (χ0n) is 21.7. The van der Waals surface area contributed by atoms with Crippen LogP contribution in [0.1, 0.15) is 43.7 Å². The molecule has 1 aromatic heterocycles. The molecule has 1 saturated heterocycles. The van der Waals surface area contributed by atoms with Crippen LogP contribution in [0.5, 0.6) is 5.75 Å². The summed E-state index contributed by atoms with van der Waals surface area (Å²) < 4.78 is 11.2. The lowest BCUT2D eigenvalue weighted by atomic mass is 9.68. The molecule has 2 aliphatic heterocycles. The minimum Gasteiger partial charge on any atom is -0.496 e. The van der Waals surface area contributed by atoms with E-state index >= 15 is 0 Å². The molecule has 0 amide bonds. The van der Waals surface area contributed by atoms with E-state index in [0.717, 1.165) is 41.4 Å². The Morgan fingerprint density at radius 1 is 1.24 bits per heavy atom. The van der Waals surface area contributed by atoms with Gasteiger partial charge in [-0.05, 0) is 41.7 Å². The Balaban J connectivity index is 1.66. The monoisotopic (exact) mass is 499 g/mol. The number of rotatable bonds is 5. The highest BCUT2D eigenvalue weighted by Gasteiger charge is 2.44. The van der Waals surface area contributed by atoms with Crippen LogP contribution in [0.25, 0.3) is 0 Å². The summed E-state index contributed by atoms with van der Waals surface area (Å²) in [5.41, 5.74) is 11.0. The van der Waals surface area contributed by atoms with Gasteiger partial charge in [0.05, 0.1) is 49.8 Å². The van der Waals surface area contributed by atoms with E-state index in [1.165, 1.54) is 0 Å². The summed E-state index contributed by atoms with van der Waals surface area (Å²) in [5.74, 6) is 0.640. The molecule has 2 aromatic rings. The molecule has 0 saturated carbocycles. The van der Waals surface area contributed by atoms with Crippen molar-refractivity contribution in [3.63, 3.8) is 0 Å². The van der Waals surface area contributed by atoms with Crippen molar-refractivity contribution in [3.05, 3.63) is 76.5 Å². The van der Waals surface area contributed by atoms with Crippen molar-refractivity contribution in [3.8, 4) is 11.8 Å². The fourth-order valence-electron chi connectivity index (χ4n) is 5.72. The van der Waals surface area contributed by atoms with E-state index in [9.17, 15) is 10.1 Å². The first kappa shape index (κ1) is 25.0. The van der Waals surface area contributed by atoms with Crippen LogP contribution in [-0.4, -0.2) is 49.1 Å². The number of hydrogen-bond donors (Lipinski definition) is 1. The molecule has 0 unspecified atom stereocenters. The van der Waals surface area contributed by atoms with Crippen molar-refractivity contribution in [2.45, 2.75) is 39.2 Å². The van der Waals surface area contributed by atoms with Gasteiger partial charge in [0, 0.05) is 49.1 Å². The van der Waals surface area contributed by atoms with Crippen LogP contribution in [0.3, 0.4) is 0 Å². The molecule has 37 heavy (non-hydrogen) atoms. The van der Waals surface area contributed by atoms with Gasteiger partial charge in [0.15, 0.2) is 5.78 Å². The number of ketones is 1. The van der Waals surface area contributed by atoms with Gasteiger partial charge >= 0.3 is 0 Å². The molecule has 1 fully saturated rings. The van der Waals surface area contributed by atoms with E-state index < -0.39 is 5.92 Å². The van der Waals surface area contributed by atoms with Crippen molar-refractivity contribution >= 4 is 11.5 Å². The van der Waals surface area contributed by atoms with Crippen molar-refractivity contribution in [2.24, 2.45) is 11.1 Å². The van der Waals surface area contributed by atoms with Gasteiger partial charge in [-0.1, -0.05) is 19.9 Å². The van der Waals surface area contributed by atoms with Gasteiger partial charge in [0.1, 0.15) is 11.6 Å². The normalized spacial score (nSPS) is 22.1. The minimum atomic E-state index is -0.536. The molecule has 0 radical (unpaired) electrons. The number of allylic oxidation sites excluding steroid dienone is 3. The number of carbonyl (C=O) groups excluding carboxylic acids is 1. The molecule has 8 nitrogen and oxygen atoms in total. The van der Waals surface area contributed by atoms with Gasteiger partial charge in [-0.25, -0.2) is 0 Å². The second-order valence-electron chi connectivity index (χ2n) is 10.7. The van der Waals surface area contributed by atoms with Crippen molar-refractivity contribution in [2.75, 3.05) is 38.3 Å². The average molecular weight is 500 g/mol. The molecule has 5 rings (SSSR count). The van der Waals surface area contributed by atoms with Crippen LogP contribution >= 0.6 is 0 Å². The second-order valence-corrected chi connectivity index (χ2v) is 10.7. The maximum atomic E-state index is 13.8. The number of methoxy groups -OCH3 is 1. The number of aromatic nitrogens is 1. The maximum Gasteiger partial charge on any atom is 0.162 e. The first-order valence-electron chi connectivity index (χ1n) is 12.7. The molecule has 1 aromatic carbocycles. The molecule has 3 aliphatic rings. The molecule has 2 N–H and O–H groups in total. The lowest BCUT2D eigenvalue weighted by Gasteiger charge is -2.43. The van der Waals surface area contributed by atoms with Crippen LogP contribution in [0.15, 0.2) is 65.4 Å². The largest absolute Gasteiger partial charge is 0.496 e. The molecule has 0 bridgehead atoms. The quantitative estimate of drug-likeness (QED) is 0.661. The third-order valence-electron chi connectivity index (χ3n) is 7.42. The number of nitrogens with two attached hydrogens (primary N) is 1. The Morgan fingerprint density at radius 2 is 2.03 bits per heavy atom. The first-order valence-corrected chi connectivity index (χ1v) is 12.7. The van der Waals surface area contributed by atoms with Crippen LogP contribution in [0.4, 0.5) is 5.69 Å². The number of ether oxygens (including phenoxy) is 2. The van der Waals surface area contributed by atoms with E-state index in [2.05, 4.69) is 35.9 Å². The highest BCUT2D eigenvalue weighted by atomic mass is 16.5. The number of nitriles is 1. The van der Waals surface area contributed by atoms with Gasteiger partial charge in [0.2, 0.25) is 0 Å². The summed E-state index contributed by atoms with van der Waals surface area (Å²) in [7, 11) is 1.66. The molecule has 192 valence electrons. The maximum absolute atomic E-state index is 13.8. The number of Topliss-reactive ketones (excluding diaryl/α,β-unsaturated/α-hetero) is 1. The molecule has 1 aliphatic carbocycles. The van der Waals surface area contributed by atoms with E-state index in [1.807, 2.05) is 29.2 Å². The molecule has 1 atom stereocenters. The van der Waals surface area contributed by atoms with E-state index in [0.29, 0.717) is 49.6 Å². The van der Waals surface area contributed by atoms with Gasteiger partial charge in [-0.2, -0.15) is 5.26 Å². The van der Waals surface area contributed by atoms with Crippen molar-refractivity contribution < 1.29 is 14.3 Å². The van der Waals surface area contributed by atoms with E-state index in [4.69, 9.17) is 15.2 Å². The molecule has 0 spiro atoms. The summed E-state index contributed by atoms with van der Waals surface area (Å²) in [6.07, 6.45) is 4.49. The molecular weight excluding hydrogens is 466 g/mol. The average Bonchev–Trinajstić information content (AvgIpc) is 2.88. The fraction of sp³-hybridized carbons (Fsp3) is 0.414. The summed E-state index contributed by atoms with van der Waals surface area (Å²) in [6.45, 7) is 7.98. The van der Waals surface area contributed by atoms with Crippen LogP contribution in [0, 0.1) is 16.7 Å². The number of pyridine rings is 1. The SMILES string of the molecule is COc1ccc([C@H]2C(C#N)=C(N)N(c3cccnc3)C3=C2C(=O)CC(C)(C)C3)cc1CN1CCOCC1. The predicted octanol–water partition coefficient (Wildman–Crippen LogP) is 3.86. The fourth-order valence-corrected chi connectivity index (χ4v) is 5.72. The van der Waals surface area contributed by atoms with Gasteiger partial charge in [0.25, 0.3) is 0 Å². The lowest BCUT2D eigenvalue weighted by Crippen LogP contribution is -2.42. The van der Waals surface area contributed by atoms with Gasteiger partial charge in [-0.15, -0.1) is 0 Å². The smallest absolute Gasteiger partial charge is 0.162 e. The lowest BCUT2D eigenvalue weighted by molar-refractivity contribution is -0.118. The predicted molar refractivity (Wildman–Crippen MR) is 140 cm³/mol. The summed E-state index contributed by atoms with van der Waals surface area (Å²) in [5, 5.41) is 10.4. The number of hydrogen-bond acceptors (Lipinski definition) is 8. The van der Waals surface area contributed by atoms with Crippen molar-refractivity contribution in [1.82, 2.24) is 9.88 Å². The highest BCUT2D eigenvalue weighted by Crippen LogP contribution is 2.50. The Kier molecular flexibility index (Phi) is 6.76. The van der Waals surface area contributed by atoms with E-state index in [1.54, 1.807) is 19.5 Å². The Morgan fingerprint density at radius 3 is 2.70 bits per heavy atom. The zero-order valence-corrected chi connectivity index (χ0v) is 21.7. The zero-order chi connectivity index (χ0) is 26.2. The molecule has 8 heteroatoms. The second kappa shape index (κ2) is 10.0. The first-order chi connectivity index (χ1) is 17.8. The van der Waals surface area contributed by atoms with Crippen LogP contribution in [0.2, 0.25) is 0 Å². The molecular formula is C29H33N5O3. The number of benzene rings is 1. The highest BCUT2D eigenvalue weighted by molar-refractivity contribution is 6.01. The summed E-state index contributed by atoms with van der Waals surface area (Å²) in [4.78, 5) is 22.2. The van der Waals surface area contributed by atoms with Gasteiger partial charge < -0.3 is 15.2 Å².